The van der Waals surface area contributed by atoms with E-state index in [2.05, 4.69) is 4.90 Å². The van der Waals surface area contributed by atoms with Crippen LogP contribution in [-0.2, 0) is 16.1 Å². The lowest BCUT2D eigenvalue weighted by Crippen LogP contribution is -2.68. The van der Waals surface area contributed by atoms with Gasteiger partial charge >= 0.3 is 0 Å². The number of rotatable bonds is 2. The molecule has 3 fully saturated rings. The number of nitrogens with zero attached hydrogens (tertiary/aromatic N) is 3. The maximum absolute atomic E-state index is 12.7. The quantitative estimate of drug-likeness (QED) is 0.821. The first-order valence-electron chi connectivity index (χ1n) is 8.22. The molecule has 0 aliphatic carbocycles. The van der Waals surface area contributed by atoms with Gasteiger partial charge in [0, 0.05) is 37.7 Å². The maximum Gasteiger partial charge on any atom is 0.247 e. The summed E-state index contributed by atoms with van der Waals surface area (Å²) >= 11 is 6.24. The van der Waals surface area contributed by atoms with E-state index < -0.39 is 0 Å². The molecule has 0 saturated carbocycles. The van der Waals surface area contributed by atoms with Gasteiger partial charge in [-0.3, -0.25) is 14.5 Å². The number of hydrogen-bond donors (Lipinski definition) is 0. The Morgan fingerprint density at radius 3 is 2.57 bits per heavy atom. The number of carbonyl (C=O) groups excluding carboxylic acids is 2. The Morgan fingerprint density at radius 2 is 1.74 bits per heavy atom. The van der Waals surface area contributed by atoms with Crippen LogP contribution in [0.5, 0.6) is 0 Å². The number of piperazine rings is 2. The summed E-state index contributed by atoms with van der Waals surface area (Å²) < 4.78 is 0. The van der Waals surface area contributed by atoms with Gasteiger partial charge in [0.05, 0.1) is 0 Å². The lowest BCUT2D eigenvalue weighted by atomic mass is 10.0. The Bertz CT molecular complexity index is 650. The summed E-state index contributed by atoms with van der Waals surface area (Å²) in [5.41, 5.74) is 1.07. The van der Waals surface area contributed by atoms with Crippen molar-refractivity contribution in [2.75, 3.05) is 26.2 Å². The molecule has 23 heavy (non-hydrogen) atoms. The van der Waals surface area contributed by atoms with Gasteiger partial charge in [-0.2, -0.15) is 0 Å². The summed E-state index contributed by atoms with van der Waals surface area (Å²) in [5.74, 6) is 0.264. The molecular formula is C17H20ClN3O2. The number of halogens is 1. The third-order valence-electron chi connectivity index (χ3n) is 5.21. The van der Waals surface area contributed by atoms with Crippen LogP contribution in [-0.4, -0.2) is 64.8 Å². The third kappa shape index (κ3) is 2.52. The molecule has 3 aliphatic rings. The molecule has 0 unspecified atom stereocenters. The highest BCUT2D eigenvalue weighted by Crippen LogP contribution is 2.29. The fourth-order valence-corrected chi connectivity index (χ4v) is 4.19. The van der Waals surface area contributed by atoms with Crippen LogP contribution in [0.3, 0.4) is 0 Å². The van der Waals surface area contributed by atoms with Gasteiger partial charge in [-0.15, -0.1) is 0 Å². The van der Waals surface area contributed by atoms with Crippen molar-refractivity contribution >= 4 is 23.4 Å². The molecule has 0 spiro atoms. The lowest BCUT2D eigenvalue weighted by molar-refractivity contribution is -0.163. The zero-order valence-corrected chi connectivity index (χ0v) is 13.7. The van der Waals surface area contributed by atoms with Crippen LogP contribution in [0.25, 0.3) is 0 Å². The number of benzene rings is 1. The summed E-state index contributed by atoms with van der Waals surface area (Å²) in [4.78, 5) is 31.2. The summed E-state index contributed by atoms with van der Waals surface area (Å²) in [6.45, 7) is 3.45. The molecule has 4 rings (SSSR count). The van der Waals surface area contributed by atoms with E-state index in [9.17, 15) is 9.59 Å². The molecule has 0 N–H and O–H groups in total. The fourth-order valence-electron chi connectivity index (χ4n) is 4.00. The van der Waals surface area contributed by atoms with E-state index in [1.165, 1.54) is 0 Å². The van der Waals surface area contributed by atoms with E-state index in [0.717, 1.165) is 43.1 Å². The van der Waals surface area contributed by atoms with Crippen LogP contribution in [0.4, 0.5) is 0 Å². The average molecular weight is 334 g/mol. The first-order valence-corrected chi connectivity index (χ1v) is 8.59. The fraction of sp³-hybridized carbons (Fsp3) is 0.529. The Morgan fingerprint density at radius 1 is 1.00 bits per heavy atom. The van der Waals surface area contributed by atoms with Crippen LogP contribution in [0.2, 0.25) is 5.02 Å². The SMILES string of the molecule is O=C1[C@@H]2CCCN2C(=O)[C@H]2CN(Cc3ccccc3Cl)CCN12. The van der Waals surface area contributed by atoms with Gasteiger partial charge in [-0.1, -0.05) is 29.8 Å². The Labute approximate surface area is 140 Å². The van der Waals surface area contributed by atoms with Gasteiger partial charge in [0.25, 0.3) is 0 Å². The van der Waals surface area contributed by atoms with Crippen molar-refractivity contribution in [1.29, 1.82) is 0 Å². The topological polar surface area (TPSA) is 43.9 Å². The molecule has 3 saturated heterocycles. The molecule has 3 aliphatic heterocycles. The smallest absolute Gasteiger partial charge is 0.247 e. The highest BCUT2D eigenvalue weighted by Gasteiger charge is 2.49. The standard InChI is InChI=1S/C17H20ClN3O2/c18-13-5-2-1-4-12(13)10-19-8-9-21-15(11-19)17(23)20-7-3-6-14(20)16(21)22/h1-2,4-5,14-15H,3,6-11H2/t14-,15+/m0/s1. The van der Waals surface area contributed by atoms with E-state index in [1.54, 1.807) is 9.80 Å². The minimum Gasteiger partial charge on any atom is -0.329 e. The number of fused-ring (bicyclic) bond motifs is 2. The van der Waals surface area contributed by atoms with Crippen molar-refractivity contribution in [3.05, 3.63) is 34.9 Å². The third-order valence-corrected chi connectivity index (χ3v) is 5.57. The van der Waals surface area contributed by atoms with Crippen molar-refractivity contribution in [2.45, 2.75) is 31.5 Å². The van der Waals surface area contributed by atoms with E-state index in [4.69, 9.17) is 11.6 Å². The molecule has 0 radical (unpaired) electrons. The van der Waals surface area contributed by atoms with Crippen LogP contribution >= 0.6 is 11.6 Å². The number of amides is 2. The van der Waals surface area contributed by atoms with Gasteiger partial charge in [0.2, 0.25) is 11.8 Å². The molecule has 0 aromatic heterocycles. The summed E-state index contributed by atoms with van der Waals surface area (Å²) in [6, 6.07) is 7.26. The van der Waals surface area contributed by atoms with Gasteiger partial charge in [-0.25, -0.2) is 0 Å². The predicted octanol–water partition coefficient (Wildman–Crippen LogP) is 1.36. The molecule has 1 aromatic carbocycles. The second-order valence-corrected chi connectivity index (χ2v) is 6.97. The second kappa shape index (κ2) is 5.80. The molecule has 2 atom stereocenters. The zero-order chi connectivity index (χ0) is 16.0. The van der Waals surface area contributed by atoms with Crippen LogP contribution in [0.15, 0.2) is 24.3 Å². The first-order chi connectivity index (χ1) is 11.1. The lowest BCUT2D eigenvalue weighted by Gasteiger charge is -2.47. The summed E-state index contributed by atoms with van der Waals surface area (Å²) in [7, 11) is 0. The van der Waals surface area contributed by atoms with Crippen molar-refractivity contribution < 1.29 is 9.59 Å². The minimum atomic E-state index is -0.326. The van der Waals surface area contributed by atoms with E-state index >= 15 is 0 Å². The molecule has 6 heteroatoms. The zero-order valence-electron chi connectivity index (χ0n) is 12.9. The monoisotopic (exact) mass is 333 g/mol. The Hall–Kier alpha value is -1.59. The van der Waals surface area contributed by atoms with Crippen LogP contribution in [0, 0.1) is 0 Å². The number of carbonyl (C=O) groups is 2. The normalized spacial score (nSPS) is 28.0. The molecule has 5 nitrogen and oxygen atoms in total. The number of hydrogen-bond acceptors (Lipinski definition) is 3. The predicted molar refractivity (Wildman–Crippen MR) is 87.0 cm³/mol. The van der Waals surface area contributed by atoms with E-state index in [1.807, 2.05) is 24.3 Å². The van der Waals surface area contributed by atoms with Gasteiger partial charge in [0.15, 0.2) is 0 Å². The first kappa shape index (κ1) is 15.0. The van der Waals surface area contributed by atoms with Crippen molar-refractivity contribution in [3.8, 4) is 0 Å². The molecule has 122 valence electrons. The summed E-state index contributed by atoms with van der Waals surface area (Å²) in [5, 5.41) is 0.751. The molecule has 1 aromatic rings. The second-order valence-electron chi connectivity index (χ2n) is 6.56. The van der Waals surface area contributed by atoms with Crippen molar-refractivity contribution in [1.82, 2.24) is 14.7 Å². The largest absolute Gasteiger partial charge is 0.329 e. The Balaban J connectivity index is 1.51. The highest BCUT2D eigenvalue weighted by molar-refractivity contribution is 6.31. The van der Waals surface area contributed by atoms with Crippen molar-refractivity contribution in [2.24, 2.45) is 0 Å². The van der Waals surface area contributed by atoms with Gasteiger partial charge in [-0.05, 0) is 24.5 Å². The molecule has 2 amide bonds. The minimum absolute atomic E-state index is 0.121. The van der Waals surface area contributed by atoms with Crippen molar-refractivity contribution in [3.63, 3.8) is 0 Å². The molecule has 0 bridgehead atoms. The average Bonchev–Trinajstić information content (AvgIpc) is 3.05. The highest BCUT2D eigenvalue weighted by atomic mass is 35.5. The summed E-state index contributed by atoms with van der Waals surface area (Å²) in [6.07, 6.45) is 1.75. The maximum atomic E-state index is 12.7. The van der Waals surface area contributed by atoms with E-state index in [0.29, 0.717) is 13.1 Å². The van der Waals surface area contributed by atoms with E-state index in [-0.39, 0.29) is 23.9 Å². The Kier molecular flexibility index (Phi) is 3.77. The molecular weight excluding hydrogens is 314 g/mol. The van der Waals surface area contributed by atoms with Gasteiger partial charge < -0.3 is 9.80 Å². The molecule has 3 heterocycles. The van der Waals surface area contributed by atoms with Gasteiger partial charge in [0.1, 0.15) is 12.1 Å². The van der Waals surface area contributed by atoms with Crippen LogP contribution in [0.1, 0.15) is 18.4 Å². The van der Waals surface area contributed by atoms with Crippen LogP contribution < -0.4 is 0 Å².